The van der Waals surface area contributed by atoms with Crippen LogP contribution in [0.3, 0.4) is 0 Å². The van der Waals surface area contributed by atoms with Crippen molar-refractivity contribution in [2.75, 3.05) is 0 Å². The highest BCUT2D eigenvalue weighted by molar-refractivity contribution is 6.74. The van der Waals surface area contributed by atoms with Crippen LogP contribution < -0.4 is 0 Å². The number of hydrogen-bond donors (Lipinski definition) is 0. The minimum absolute atomic E-state index is 0.203. The molecule has 0 saturated heterocycles. The lowest BCUT2D eigenvalue weighted by atomic mass is 9.64. The van der Waals surface area contributed by atoms with Crippen molar-refractivity contribution in [1.29, 1.82) is 0 Å². The fourth-order valence-electron chi connectivity index (χ4n) is 3.59. The van der Waals surface area contributed by atoms with E-state index in [1.54, 1.807) is 11.8 Å². The van der Waals surface area contributed by atoms with Crippen LogP contribution in [0.1, 0.15) is 59.8 Å². The number of fused-ring (bicyclic) bond motifs is 1. The first kappa shape index (κ1) is 17.8. The summed E-state index contributed by atoms with van der Waals surface area (Å²) >= 11 is 0. The zero-order chi connectivity index (χ0) is 16.6. The Morgan fingerprint density at radius 3 is 2.59 bits per heavy atom. The Bertz CT molecular complexity index is 447. The Kier molecular flexibility index (Phi) is 4.99. The molecule has 0 aliphatic heterocycles. The predicted molar refractivity (Wildman–Crippen MR) is 96.4 cm³/mol. The van der Waals surface area contributed by atoms with Crippen LogP contribution in [0.15, 0.2) is 24.5 Å². The van der Waals surface area contributed by atoms with Crippen molar-refractivity contribution in [2.45, 2.75) is 90.1 Å². The highest BCUT2D eigenvalue weighted by Gasteiger charge is 2.48. The van der Waals surface area contributed by atoms with Crippen molar-refractivity contribution in [1.82, 2.24) is 0 Å². The van der Waals surface area contributed by atoms with E-state index in [-0.39, 0.29) is 16.6 Å². The Balaban J connectivity index is 2.21. The smallest absolute Gasteiger partial charge is 0.192 e. The van der Waals surface area contributed by atoms with Gasteiger partial charge in [0.15, 0.2) is 8.32 Å². The van der Waals surface area contributed by atoms with E-state index in [0.717, 1.165) is 12.8 Å². The van der Waals surface area contributed by atoms with Crippen LogP contribution in [-0.2, 0) is 9.16 Å². The van der Waals surface area contributed by atoms with Crippen LogP contribution in [0.25, 0.3) is 0 Å². The third-order valence-corrected chi connectivity index (χ3v) is 10.7. The molecule has 0 bridgehead atoms. The molecular formula is C19H34O2Si. The molecule has 0 aromatic rings. The van der Waals surface area contributed by atoms with Crippen LogP contribution in [0.5, 0.6) is 0 Å². The lowest BCUT2D eigenvalue weighted by molar-refractivity contribution is 0.0212. The molecule has 0 amide bonds. The van der Waals surface area contributed by atoms with Gasteiger partial charge in [0.25, 0.3) is 0 Å². The quantitative estimate of drug-likeness (QED) is 0.369. The highest BCUT2D eigenvalue weighted by Crippen LogP contribution is 2.51. The Morgan fingerprint density at radius 2 is 2.00 bits per heavy atom. The maximum absolute atomic E-state index is 6.85. The number of ether oxygens (including phenoxy) is 1. The fraction of sp³-hybridized carbons (Fsp3) is 0.789. The van der Waals surface area contributed by atoms with Gasteiger partial charge in [0.1, 0.15) is 6.10 Å². The van der Waals surface area contributed by atoms with Crippen molar-refractivity contribution < 1.29 is 9.16 Å². The monoisotopic (exact) mass is 322 g/mol. The average Bonchev–Trinajstić information content (AvgIpc) is 2.39. The zero-order valence-corrected chi connectivity index (χ0v) is 16.4. The summed E-state index contributed by atoms with van der Waals surface area (Å²) in [5.74, 6) is 0. The van der Waals surface area contributed by atoms with Gasteiger partial charge >= 0.3 is 0 Å². The van der Waals surface area contributed by atoms with E-state index in [0.29, 0.717) is 6.10 Å². The standard InChI is InChI=1S/C19H34O2Si/c1-8-20-16-12-13-19(5)15(14-16)10-9-11-17(19)21-22(6,7)18(2,3)4/h8,14,16-17H,1,9-13H2,2-7H3/t16-,17-,19-/m0/s1. The normalized spacial score (nSPS) is 32.9. The predicted octanol–water partition coefficient (Wildman–Crippen LogP) is 5.82. The Hall–Kier alpha value is -0.543. The minimum Gasteiger partial charge on any atom is -0.495 e. The third-order valence-electron chi connectivity index (χ3n) is 6.21. The van der Waals surface area contributed by atoms with E-state index in [4.69, 9.17) is 9.16 Å². The summed E-state index contributed by atoms with van der Waals surface area (Å²) in [6.45, 7) is 17.9. The first-order valence-electron chi connectivity index (χ1n) is 8.75. The van der Waals surface area contributed by atoms with Gasteiger partial charge in [-0.2, -0.15) is 0 Å². The number of rotatable bonds is 4. The molecule has 3 heteroatoms. The van der Waals surface area contributed by atoms with Crippen LogP contribution >= 0.6 is 0 Å². The van der Waals surface area contributed by atoms with Crippen LogP contribution in [0.2, 0.25) is 18.1 Å². The largest absolute Gasteiger partial charge is 0.495 e. The van der Waals surface area contributed by atoms with Gasteiger partial charge in [-0.15, -0.1) is 0 Å². The molecule has 2 nitrogen and oxygen atoms in total. The van der Waals surface area contributed by atoms with Gasteiger partial charge in [-0.3, -0.25) is 0 Å². The first-order valence-corrected chi connectivity index (χ1v) is 11.7. The molecule has 1 fully saturated rings. The first-order chi connectivity index (χ1) is 10.1. The molecular weight excluding hydrogens is 288 g/mol. The Labute approximate surface area is 138 Å². The van der Waals surface area contributed by atoms with E-state index in [1.807, 2.05) is 0 Å². The molecule has 0 N–H and O–H groups in total. The summed E-state index contributed by atoms with van der Waals surface area (Å²) in [5, 5.41) is 0.272. The number of hydrogen-bond acceptors (Lipinski definition) is 2. The molecule has 0 unspecified atom stereocenters. The fourth-order valence-corrected chi connectivity index (χ4v) is 5.03. The molecule has 22 heavy (non-hydrogen) atoms. The summed E-state index contributed by atoms with van der Waals surface area (Å²) in [5.41, 5.74) is 1.76. The van der Waals surface area contributed by atoms with Crippen LogP contribution in [0.4, 0.5) is 0 Å². The molecule has 0 radical (unpaired) electrons. The van der Waals surface area contributed by atoms with Gasteiger partial charge in [0, 0.05) is 5.41 Å². The SMILES string of the molecule is C=CO[C@@H]1C=C2CCC[C@H](O[Si](C)(C)C(C)(C)C)[C@@]2(C)CC1. The summed E-state index contributed by atoms with van der Waals surface area (Å²) in [6, 6.07) is 0. The van der Waals surface area contributed by atoms with Gasteiger partial charge in [-0.05, 0) is 56.3 Å². The van der Waals surface area contributed by atoms with Gasteiger partial charge in [0.2, 0.25) is 0 Å². The van der Waals surface area contributed by atoms with Gasteiger partial charge in [-0.25, -0.2) is 0 Å². The molecule has 126 valence electrons. The molecule has 0 spiro atoms. The zero-order valence-electron chi connectivity index (χ0n) is 15.4. The van der Waals surface area contributed by atoms with Crippen LogP contribution in [-0.4, -0.2) is 20.5 Å². The summed E-state index contributed by atoms with van der Waals surface area (Å²) in [7, 11) is -1.72. The molecule has 0 aromatic carbocycles. The van der Waals surface area contributed by atoms with Crippen molar-refractivity contribution >= 4 is 8.32 Å². The van der Waals surface area contributed by atoms with Gasteiger partial charge < -0.3 is 9.16 Å². The van der Waals surface area contributed by atoms with E-state index in [9.17, 15) is 0 Å². The highest BCUT2D eigenvalue weighted by atomic mass is 28.4. The molecule has 1 saturated carbocycles. The molecule has 2 rings (SSSR count). The lowest BCUT2D eigenvalue weighted by Crippen LogP contribution is -2.51. The van der Waals surface area contributed by atoms with E-state index >= 15 is 0 Å². The topological polar surface area (TPSA) is 18.5 Å². The summed E-state index contributed by atoms with van der Waals surface area (Å²) < 4.78 is 12.5. The van der Waals surface area contributed by atoms with Gasteiger partial charge in [0.05, 0.1) is 12.4 Å². The van der Waals surface area contributed by atoms with Gasteiger partial charge in [-0.1, -0.05) is 39.8 Å². The third kappa shape index (κ3) is 3.35. The lowest BCUT2D eigenvalue weighted by Gasteiger charge is -2.51. The second-order valence-electron chi connectivity index (χ2n) is 8.75. The summed E-state index contributed by atoms with van der Waals surface area (Å²) in [6.07, 6.45) is 10.4. The second kappa shape index (κ2) is 6.16. The maximum Gasteiger partial charge on any atom is 0.192 e. The van der Waals surface area contributed by atoms with Crippen molar-refractivity contribution in [2.24, 2.45) is 5.41 Å². The maximum atomic E-state index is 6.85. The van der Waals surface area contributed by atoms with Crippen molar-refractivity contribution in [3.63, 3.8) is 0 Å². The Morgan fingerprint density at radius 1 is 1.32 bits per heavy atom. The van der Waals surface area contributed by atoms with E-state index in [2.05, 4.69) is 53.4 Å². The van der Waals surface area contributed by atoms with Crippen molar-refractivity contribution in [3.8, 4) is 0 Å². The second-order valence-corrected chi connectivity index (χ2v) is 13.5. The van der Waals surface area contributed by atoms with E-state index < -0.39 is 8.32 Å². The molecule has 3 atom stereocenters. The molecule has 2 aliphatic rings. The molecule has 0 heterocycles. The average molecular weight is 323 g/mol. The van der Waals surface area contributed by atoms with E-state index in [1.165, 1.54) is 19.3 Å². The molecule has 2 aliphatic carbocycles. The van der Waals surface area contributed by atoms with Crippen LogP contribution in [0, 0.1) is 5.41 Å². The minimum atomic E-state index is -1.72. The summed E-state index contributed by atoms with van der Waals surface area (Å²) in [4.78, 5) is 0. The van der Waals surface area contributed by atoms with Crippen molar-refractivity contribution in [3.05, 3.63) is 24.5 Å². The molecule has 0 aromatic heterocycles.